The van der Waals surface area contributed by atoms with Crippen LogP contribution >= 0.6 is 11.8 Å². The molecular formula is C16H11N3O3S. The first-order valence-electron chi connectivity index (χ1n) is 6.87. The number of hydrogen-bond acceptors (Lipinski definition) is 6. The van der Waals surface area contributed by atoms with E-state index in [-0.39, 0.29) is 12.0 Å². The highest BCUT2D eigenvalue weighted by molar-refractivity contribution is 8.18. The highest BCUT2D eigenvalue weighted by atomic mass is 32.2. The zero-order valence-corrected chi connectivity index (χ0v) is 12.7. The highest BCUT2D eigenvalue weighted by Crippen LogP contribution is 2.36. The van der Waals surface area contributed by atoms with Crippen molar-refractivity contribution in [2.24, 2.45) is 4.99 Å². The summed E-state index contributed by atoms with van der Waals surface area (Å²) < 4.78 is 10.6. The third kappa shape index (κ3) is 2.91. The number of nitrogens with one attached hydrogen (secondary N) is 1. The van der Waals surface area contributed by atoms with Crippen LogP contribution in [0.1, 0.15) is 5.56 Å². The van der Waals surface area contributed by atoms with Gasteiger partial charge in [-0.15, -0.1) is 0 Å². The lowest BCUT2D eigenvalue weighted by atomic mass is 10.2. The van der Waals surface area contributed by atoms with E-state index in [1.165, 1.54) is 0 Å². The SMILES string of the molecule is O=C1NC(=Nc2ccc3c(c2)OCO3)/C(=C/c2ccncc2)S1. The summed E-state index contributed by atoms with van der Waals surface area (Å²) in [5.41, 5.74) is 1.64. The van der Waals surface area contributed by atoms with Gasteiger partial charge in [0, 0.05) is 18.5 Å². The molecular weight excluding hydrogens is 314 g/mol. The predicted molar refractivity (Wildman–Crippen MR) is 88.0 cm³/mol. The lowest BCUT2D eigenvalue weighted by molar-refractivity contribution is 0.174. The number of amidine groups is 1. The first kappa shape index (κ1) is 13.8. The zero-order valence-electron chi connectivity index (χ0n) is 11.9. The molecule has 6 nitrogen and oxygen atoms in total. The van der Waals surface area contributed by atoms with Gasteiger partial charge in [-0.1, -0.05) is 0 Å². The van der Waals surface area contributed by atoms with Crippen LogP contribution in [0.25, 0.3) is 6.08 Å². The van der Waals surface area contributed by atoms with Crippen LogP contribution in [0.3, 0.4) is 0 Å². The normalized spacial score (nSPS) is 19.4. The molecule has 7 heteroatoms. The van der Waals surface area contributed by atoms with Gasteiger partial charge in [0.05, 0.1) is 10.6 Å². The van der Waals surface area contributed by atoms with Crippen LogP contribution in [0.4, 0.5) is 10.5 Å². The number of fused-ring (bicyclic) bond motifs is 1. The summed E-state index contributed by atoms with van der Waals surface area (Å²) in [4.78, 5) is 21.0. The molecule has 23 heavy (non-hydrogen) atoms. The maximum Gasteiger partial charge on any atom is 0.289 e. The predicted octanol–water partition coefficient (Wildman–Crippen LogP) is 3.34. The lowest BCUT2D eigenvalue weighted by Crippen LogP contribution is -2.18. The number of carbonyl (C=O) groups excluding carboxylic acids is 1. The first-order chi connectivity index (χ1) is 11.3. The minimum atomic E-state index is -0.148. The molecule has 0 spiro atoms. The number of rotatable bonds is 2. The summed E-state index contributed by atoms with van der Waals surface area (Å²) >= 11 is 1.12. The molecule has 3 heterocycles. The standard InChI is InChI=1S/C16H11N3O3S/c20-16-19-15(14(23-16)7-10-3-5-17-6-4-10)18-11-1-2-12-13(8-11)22-9-21-12/h1-8H,9H2,(H,18,19,20)/b14-7-. The van der Waals surface area contributed by atoms with Crippen molar-refractivity contribution in [3.05, 3.63) is 53.2 Å². The van der Waals surface area contributed by atoms with Gasteiger partial charge in [0.1, 0.15) is 5.84 Å². The Bertz CT molecular complexity index is 834. The summed E-state index contributed by atoms with van der Waals surface area (Å²) in [6.45, 7) is 0.217. The van der Waals surface area contributed by atoms with Gasteiger partial charge >= 0.3 is 0 Å². The third-order valence-electron chi connectivity index (χ3n) is 3.26. The summed E-state index contributed by atoms with van der Waals surface area (Å²) in [5.74, 6) is 1.88. The van der Waals surface area contributed by atoms with Gasteiger partial charge in [0.15, 0.2) is 11.5 Å². The Kier molecular flexibility index (Phi) is 3.47. The van der Waals surface area contributed by atoms with Crippen molar-refractivity contribution >= 4 is 34.6 Å². The van der Waals surface area contributed by atoms with Crippen LogP contribution in [0, 0.1) is 0 Å². The van der Waals surface area contributed by atoms with Crippen LogP contribution < -0.4 is 14.8 Å². The molecule has 2 aliphatic heterocycles. The summed E-state index contributed by atoms with van der Waals surface area (Å²) in [6, 6.07) is 9.15. The smallest absolute Gasteiger partial charge is 0.289 e. The van der Waals surface area contributed by atoms with Crippen molar-refractivity contribution in [1.29, 1.82) is 0 Å². The summed E-state index contributed by atoms with van der Waals surface area (Å²) in [7, 11) is 0. The van der Waals surface area contributed by atoms with E-state index in [0.29, 0.717) is 23.0 Å². The zero-order chi connectivity index (χ0) is 15.6. The van der Waals surface area contributed by atoms with Crippen LogP contribution in [-0.2, 0) is 0 Å². The third-order valence-corrected chi connectivity index (χ3v) is 4.08. The number of pyridine rings is 1. The fraction of sp³-hybridized carbons (Fsp3) is 0.0625. The molecule has 2 aromatic rings. The number of amides is 1. The Morgan fingerprint density at radius 3 is 2.87 bits per heavy atom. The molecule has 1 N–H and O–H groups in total. The molecule has 1 aromatic heterocycles. The van der Waals surface area contributed by atoms with E-state index in [4.69, 9.17) is 9.47 Å². The monoisotopic (exact) mass is 325 g/mol. The number of hydrogen-bond donors (Lipinski definition) is 1. The molecule has 0 saturated carbocycles. The van der Waals surface area contributed by atoms with E-state index >= 15 is 0 Å². The molecule has 0 unspecified atom stereocenters. The summed E-state index contributed by atoms with van der Waals surface area (Å²) in [6.07, 6.45) is 5.31. The fourth-order valence-corrected chi connectivity index (χ4v) is 2.94. The minimum Gasteiger partial charge on any atom is -0.454 e. The Morgan fingerprint density at radius 1 is 1.17 bits per heavy atom. The molecule has 0 atom stereocenters. The maximum absolute atomic E-state index is 11.7. The number of aliphatic imine (C=N–C) groups is 1. The average molecular weight is 325 g/mol. The Balaban J connectivity index is 1.68. The van der Waals surface area contributed by atoms with E-state index in [1.807, 2.05) is 24.3 Å². The second kappa shape index (κ2) is 5.77. The van der Waals surface area contributed by atoms with Crippen molar-refractivity contribution in [2.75, 3.05) is 6.79 Å². The van der Waals surface area contributed by atoms with E-state index in [1.54, 1.807) is 24.5 Å². The molecule has 1 aromatic carbocycles. The van der Waals surface area contributed by atoms with Gasteiger partial charge in [-0.05, 0) is 47.7 Å². The van der Waals surface area contributed by atoms with Crippen LogP contribution in [0.15, 0.2) is 52.6 Å². The molecule has 0 aliphatic carbocycles. The number of thioether (sulfide) groups is 1. The molecule has 1 fully saturated rings. The molecule has 4 rings (SSSR count). The van der Waals surface area contributed by atoms with Gasteiger partial charge in [0.25, 0.3) is 5.24 Å². The summed E-state index contributed by atoms with van der Waals surface area (Å²) in [5, 5.41) is 2.61. The lowest BCUT2D eigenvalue weighted by Gasteiger charge is -2.01. The number of benzene rings is 1. The number of aromatic nitrogens is 1. The topological polar surface area (TPSA) is 72.8 Å². The van der Waals surface area contributed by atoms with Gasteiger partial charge < -0.3 is 14.8 Å². The Labute approximate surface area is 136 Å². The molecule has 114 valence electrons. The Morgan fingerprint density at radius 2 is 2.00 bits per heavy atom. The number of nitrogens with zero attached hydrogens (tertiary/aromatic N) is 2. The fourth-order valence-electron chi connectivity index (χ4n) is 2.21. The molecule has 2 aliphatic rings. The van der Waals surface area contributed by atoms with E-state index < -0.39 is 0 Å². The van der Waals surface area contributed by atoms with Crippen molar-refractivity contribution in [1.82, 2.24) is 10.3 Å². The van der Waals surface area contributed by atoms with Gasteiger partial charge in [0.2, 0.25) is 6.79 Å². The van der Waals surface area contributed by atoms with Crippen molar-refractivity contribution in [3.63, 3.8) is 0 Å². The van der Waals surface area contributed by atoms with Crippen molar-refractivity contribution in [3.8, 4) is 11.5 Å². The second-order valence-electron chi connectivity index (χ2n) is 4.80. The van der Waals surface area contributed by atoms with Gasteiger partial charge in [-0.2, -0.15) is 0 Å². The molecule has 1 amide bonds. The van der Waals surface area contributed by atoms with E-state index in [9.17, 15) is 4.79 Å². The minimum absolute atomic E-state index is 0.148. The van der Waals surface area contributed by atoms with Crippen LogP contribution in [-0.4, -0.2) is 22.9 Å². The van der Waals surface area contributed by atoms with E-state index in [0.717, 1.165) is 22.2 Å². The molecule has 0 radical (unpaired) electrons. The molecule has 0 bridgehead atoms. The number of carbonyl (C=O) groups is 1. The van der Waals surface area contributed by atoms with Crippen LogP contribution in [0.2, 0.25) is 0 Å². The van der Waals surface area contributed by atoms with E-state index in [2.05, 4.69) is 15.3 Å². The van der Waals surface area contributed by atoms with Gasteiger partial charge in [-0.3, -0.25) is 9.78 Å². The second-order valence-corrected chi connectivity index (χ2v) is 5.82. The maximum atomic E-state index is 11.7. The number of ether oxygens (including phenoxy) is 2. The Hall–Kier alpha value is -2.80. The largest absolute Gasteiger partial charge is 0.454 e. The quantitative estimate of drug-likeness (QED) is 0.917. The van der Waals surface area contributed by atoms with Crippen LogP contribution in [0.5, 0.6) is 11.5 Å². The van der Waals surface area contributed by atoms with Crippen molar-refractivity contribution < 1.29 is 14.3 Å². The van der Waals surface area contributed by atoms with Gasteiger partial charge in [-0.25, -0.2) is 4.99 Å². The highest BCUT2D eigenvalue weighted by Gasteiger charge is 2.24. The average Bonchev–Trinajstić information content (AvgIpc) is 3.15. The van der Waals surface area contributed by atoms with Crippen molar-refractivity contribution in [2.45, 2.75) is 0 Å². The first-order valence-corrected chi connectivity index (χ1v) is 7.69. The molecule has 1 saturated heterocycles.